The topological polar surface area (TPSA) is 67.4 Å². The van der Waals surface area contributed by atoms with Crippen molar-refractivity contribution < 1.29 is 14.3 Å². The molecule has 1 rings (SSSR count). The molecule has 2 atom stereocenters. The van der Waals surface area contributed by atoms with E-state index in [1.54, 1.807) is 7.05 Å². The number of carbonyl (C=O) groups excluding carboxylic acids is 2. The zero-order valence-electron chi connectivity index (χ0n) is 12.9. The molecule has 5 nitrogen and oxygen atoms in total. The molecule has 0 fully saturated rings. The Morgan fingerprint density at radius 3 is 2.57 bits per heavy atom. The van der Waals surface area contributed by atoms with Crippen molar-refractivity contribution in [3.63, 3.8) is 0 Å². The molecule has 2 N–H and O–H groups in total. The molecule has 0 heterocycles. The smallest absolute Gasteiger partial charge is 0.219 e. The van der Waals surface area contributed by atoms with Crippen molar-refractivity contribution in [2.45, 2.75) is 45.4 Å². The van der Waals surface area contributed by atoms with Gasteiger partial charge in [0.05, 0.1) is 18.8 Å². The molecule has 0 spiro atoms. The highest BCUT2D eigenvalue weighted by Crippen LogP contribution is 2.10. The average molecular weight is 292 g/mol. The van der Waals surface area contributed by atoms with Crippen LogP contribution in [0.3, 0.4) is 0 Å². The number of nitrogens with one attached hydrogen (secondary N) is 2. The number of aryl methyl sites for hydroxylation is 1. The van der Waals surface area contributed by atoms with Crippen molar-refractivity contribution in [1.82, 2.24) is 10.6 Å². The van der Waals surface area contributed by atoms with Gasteiger partial charge in [-0.05, 0) is 25.8 Å². The second kappa shape index (κ2) is 9.13. The van der Waals surface area contributed by atoms with Gasteiger partial charge in [0.2, 0.25) is 12.3 Å². The minimum atomic E-state index is -0.176. The Balaban J connectivity index is 2.47. The molecule has 116 valence electrons. The lowest BCUT2D eigenvalue weighted by molar-refractivity contribution is -0.121. The molecule has 1 aromatic rings. The SMILES string of the molecule is CNC(=O)CCC(NC=O)C(C)OCc1ccc(C)cc1. The van der Waals surface area contributed by atoms with Crippen LogP contribution in [0.2, 0.25) is 0 Å². The summed E-state index contributed by atoms with van der Waals surface area (Å²) in [6.07, 6.45) is 1.40. The highest BCUT2D eigenvalue weighted by molar-refractivity contribution is 5.75. The van der Waals surface area contributed by atoms with E-state index in [9.17, 15) is 9.59 Å². The quantitative estimate of drug-likeness (QED) is 0.678. The van der Waals surface area contributed by atoms with Gasteiger partial charge in [-0.1, -0.05) is 29.8 Å². The molecule has 0 aliphatic carbocycles. The molecule has 2 unspecified atom stereocenters. The Kier molecular flexibility index (Phi) is 7.46. The molecule has 0 aliphatic rings. The number of benzene rings is 1. The highest BCUT2D eigenvalue weighted by atomic mass is 16.5. The van der Waals surface area contributed by atoms with Crippen LogP contribution in [0.25, 0.3) is 0 Å². The summed E-state index contributed by atoms with van der Waals surface area (Å²) in [6, 6.07) is 7.95. The molecule has 0 saturated carbocycles. The van der Waals surface area contributed by atoms with E-state index in [0.717, 1.165) is 5.56 Å². The maximum atomic E-state index is 11.3. The molecule has 0 aromatic heterocycles. The van der Waals surface area contributed by atoms with E-state index in [1.165, 1.54) is 5.56 Å². The van der Waals surface area contributed by atoms with Crippen LogP contribution in [0.5, 0.6) is 0 Å². The molecular weight excluding hydrogens is 268 g/mol. The van der Waals surface area contributed by atoms with Crippen molar-refractivity contribution in [3.05, 3.63) is 35.4 Å². The van der Waals surface area contributed by atoms with Gasteiger partial charge in [-0.2, -0.15) is 0 Å². The van der Waals surface area contributed by atoms with Crippen molar-refractivity contribution in [2.75, 3.05) is 7.05 Å². The van der Waals surface area contributed by atoms with E-state index < -0.39 is 0 Å². The normalized spacial score (nSPS) is 13.3. The fraction of sp³-hybridized carbons (Fsp3) is 0.500. The molecule has 0 saturated heterocycles. The molecule has 2 amide bonds. The third kappa shape index (κ3) is 6.40. The van der Waals surface area contributed by atoms with Crippen molar-refractivity contribution in [2.24, 2.45) is 0 Å². The van der Waals surface area contributed by atoms with Crippen molar-refractivity contribution in [1.29, 1.82) is 0 Å². The van der Waals surface area contributed by atoms with Crippen molar-refractivity contribution >= 4 is 12.3 Å². The van der Waals surface area contributed by atoms with E-state index in [2.05, 4.69) is 10.6 Å². The number of rotatable bonds is 9. The van der Waals surface area contributed by atoms with Crippen LogP contribution < -0.4 is 10.6 Å². The molecule has 0 radical (unpaired) electrons. The van der Waals surface area contributed by atoms with Crippen LogP contribution >= 0.6 is 0 Å². The number of hydrogen-bond donors (Lipinski definition) is 2. The van der Waals surface area contributed by atoms with Crippen LogP contribution in [0, 0.1) is 6.92 Å². The van der Waals surface area contributed by atoms with Crippen molar-refractivity contribution in [3.8, 4) is 0 Å². The van der Waals surface area contributed by atoms with Gasteiger partial charge >= 0.3 is 0 Å². The van der Waals surface area contributed by atoms with E-state index >= 15 is 0 Å². The van der Waals surface area contributed by atoms with E-state index in [1.807, 2.05) is 38.1 Å². The summed E-state index contributed by atoms with van der Waals surface area (Å²) in [4.78, 5) is 22.0. The monoisotopic (exact) mass is 292 g/mol. The molecule has 21 heavy (non-hydrogen) atoms. The molecule has 0 aliphatic heterocycles. The Hall–Kier alpha value is -1.88. The first-order valence-corrected chi connectivity index (χ1v) is 7.14. The standard InChI is InChI=1S/C16H24N2O3/c1-12-4-6-14(7-5-12)10-21-13(2)15(18-11-19)8-9-16(20)17-3/h4-7,11,13,15H,8-10H2,1-3H3,(H,17,20)(H,18,19). The second-order valence-corrected chi connectivity index (χ2v) is 5.10. The highest BCUT2D eigenvalue weighted by Gasteiger charge is 2.18. The average Bonchev–Trinajstić information content (AvgIpc) is 2.50. The van der Waals surface area contributed by atoms with E-state index in [0.29, 0.717) is 25.9 Å². The maximum absolute atomic E-state index is 11.3. The Morgan fingerprint density at radius 2 is 2.00 bits per heavy atom. The summed E-state index contributed by atoms with van der Waals surface area (Å²) in [5.74, 6) is -0.0431. The van der Waals surface area contributed by atoms with Crippen LogP contribution in [0.4, 0.5) is 0 Å². The molecule has 0 bridgehead atoms. The molecular formula is C16H24N2O3. The lowest BCUT2D eigenvalue weighted by Crippen LogP contribution is -2.40. The van der Waals surface area contributed by atoms with Gasteiger partial charge in [0.1, 0.15) is 0 Å². The number of ether oxygens (including phenoxy) is 1. The zero-order valence-corrected chi connectivity index (χ0v) is 12.9. The third-order valence-corrected chi connectivity index (χ3v) is 3.44. The predicted molar refractivity (Wildman–Crippen MR) is 81.7 cm³/mol. The van der Waals surface area contributed by atoms with Gasteiger partial charge in [0.25, 0.3) is 0 Å². The summed E-state index contributed by atoms with van der Waals surface area (Å²) < 4.78 is 5.80. The van der Waals surface area contributed by atoms with Crippen LogP contribution in [-0.4, -0.2) is 31.5 Å². The fourth-order valence-corrected chi connectivity index (χ4v) is 1.98. The van der Waals surface area contributed by atoms with E-state index in [4.69, 9.17) is 4.74 Å². The summed E-state index contributed by atoms with van der Waals surface area (Å²) in [7, 11) is 1.60. The van der Waals surface area contributed by atoms with Gasteiger partial charge in [-0.25, -0.2) is 0 Å². The minimum absolute atomic E-state index is 0.0431. The Morgan fingerprint density at radius 1 is 1.33 bits per heavy atom. The third-order valence-electron chi connectivity index (χ3n) is 3.44. The van der Waals surface area contributed by atoms with Crippen LogP contribution in [0.15, 0.2) is 24.3 Å². The first kappa shape index (κ1) is 17.2. The van der Waals surface area contributed by atoms with Gasteiger partial charge in [-0.15, -0.1) is 0 Å². The van der Waals surface area contributed by atoms with Gasteiger partial charge in [0, 0.05) is 13.5 Å². The summed E-state index contributed by atoms with van der Waals surface area (Å²) in [6.45, 7) is 4.42. The molecule has 5 heteroatoms. The van der Waals surface area contributed by atoms with Crippen LogP contribution in [0.1, 0.15) is 30.9 Å². The molecule has 1 aromatic carbocycles. The Bertz CT molecular complexity index is 445. The minimum Gasteiger partial charge on any atom is -0.372 e. The lowest BCUT2D eigenvalue weighted by Gasteiger charge is -2.23. The number of hydrogen-bond acceptors (Lipinski definition) is 3. The summed E-state index contributed by atoms with van der Waals surface area (Å²) in [5.41, 5.74) is 2.29. The van der Waals surface area contributed by atoms with Gasteiger partial charge in [0.15, 0.2) is 0 Å². The zero-order chi connectivity index (χ0) is 15.7. The summed E-state index contributed by atoms with van der Waals surface area (Å²) >= 11 is 0. The maximum Gasteiger partial charge on any atom is 0.219 e. The first-order valence-electron chi connectivity index (χ1n) is 7.14. The second-order valence-electron chi connectivity index (χ2n) is 5.10. The van der Waals surface area contributed by atoms with Crippen LogP contribution in [-0.2, 0) is 20.9 Å². The number of carbonyl (C=O) groups is 2. The van der Waals surface area contributed by atoms with Gasteiger partial charge < -0.3 is 15.4 Å². The predicted octanol–water partition coefficient (Wildman–Crippen LogP) is 1.54. The first-order chi connectivity index (χ1) is 10.1. The van der Waals surface area contributed by atoms with E-state index in [-0.39, 0.29) is 18.1 Å². The fourth-order valence-electron chi connectivity index (χ4n) is 1.98. The Labute approximate surface area is 126 Å². The summed E-state index contributed by atoms with van der Waals surface area (Å²) in [5, 5.41) is 5.29. The number of amides is 2. The van der Waals surface area contributed by atoms with Gasteiger partial charge in [-0.3, -0.25) is 9.59 Å². The lowest BCUT2D eigenvalue weighted by atomic mass is 10.1. The largest absolute Gasteiger partial charge is 0.372 e.